The van der Waals surface area contributed by atoms with Crippen LogP contribution in [0.5, 0.6) is 0 Å². The second-order valence-electron chi connectivity index (χ2n) is 6.04. The Morgan fingerprint density at radius 3 is 2.25 bits per heavy atom. The van der Waals surface area contributed by atoms with Crippen molar-refractivity contribution in [3.05, 3.63) is 34.7 Å². The summed E-state index contributed by atoms with van der Waals surface area (Å²) in [5.41, 5.74) is -0.195. The molecule has 24 heavy (non-hydrogen) atoms. The van der Waals surface area contributed by atoms with Crippen LogP contribution in [0.3, 0.4) is 0 Å². The van der Waals surface area contributed by atoms with Gasteiger partial charge in [-0.1, -0.05) is 25.5 Å². The standard InChI is InChI=1S/C17H23N3O4/c1-4-10-17(3,15(22)23)18-14(21)11-20-13-9-7-6-8-12(13)19(5-2)16(20)24/h6-9H,4-5,10-11H2,1-3H3,(H,18,21)(H,22,23). The van der Waals surface area contributed by atoms with E-state index in [1.807, 2.05) is 26.0 Å². The Labute approximate surface area is 139 Å². The number of aromatic nitrogens is 2. The summed E-state index contributed by atoms with van der Waals surface area (Å²) in [6, 6.07) is 7.24. The maximum Gasteiger partial charge on any atom is 0.329 e. The number of aliphatic carboxylic acids is 1. The van der Waals surface area contributed by atoms with Crippen LogP contribution in [0, 0.1) is 0 Å². The van der Waals surface area contributed by atoms with E-state index in [-0.39, 0.29) is 12.2 Å². The average molecular weight is 333 g/mol. The Morgan fingerprint density at radius 2 is 1.75 bits per heavy atom. The highest BCUT2D eigenvalue weighted by atomic mass is 16.4. The molecule has 0 aliphatic rings. The maximum atomic E-state index is 12.5. The van der Waals surface area contributed by atoms with Crippen molar-refractivity contribution in [2.75, 3.05) is 0 Å². The molecule has 1 aromatic heterocycles. The summed E-state index contributed by atoms with van der Waals surface area (Å²) in [7, 11) is 0. The maximum absolute atomic E-state index is 12.5. The number of imidazole rings is 1. The van der Waals surface area contributed by atoms with Crippen LogP contribution in [-0.4, -0.2) is 31.7 Å². The zero-order chi connectivity index (χ0) is 17.9. The van der Waals surface area contributed by atoms with Gasteiger partial charge in [0, 0.05) is 6.54 Å². The number of fused-ring (bicyclic) bond motifs is 1. The van der Waals surface area contributed by atoms with Gasteiger partial charge < -0.3 is 10.4 Å². The Hall–Kier alpha value is -2.57. The SMILES string of the molecule is CCCC(C)(NC(=O)Cn1c(=O)n(CC)c2ccccc21)C(=O)O. The molecule has 0 saturated heterocycles. The minimum Gasteiger partial charge on any atom is -0.480 e. The van der Waals surface area contributed by atoms with Crippen LogP contribution in [0.15, 0.2) is 29.1 Å². The number of benzene rings is 1. The van der Waals surface area contributed by atoms with Gasteiger partial charge in [-0.3, -0.25) is 13.9 Å². The number of nitrogens with zero attached hydrogens (tertiary/aromatic N) is 2. The monoisotopic (exact) mass is 333 g/mol. The predicted octanol–water partition coefficient (Wildman–Crippen LogP) is 1.58. The summed E-state index contributed by atoms with van der Waals surface area (Å²) in [4.78, 5) is 36.3. The molecule has 130 valence electrons. The molecule has 0 bridgehead atoms. The van der Waals surface area contributed by atoms with Crippen LogP contribution in [0.25, 0.3) is 11.0 Å². The van der Waals surface area contributed by atoms with Gasteiger partial charge in [0.15, 0.2) is 0 Å². The Balaban J connectivity index is 2.33. The third-order valence-corrected chi connectivity index (χ3v) is 4.18. The number of amides is 1. The molecule has 2 N–H and O–H groups in total. The minimum atomic E-state index is -1.33. The van der Waals surface area contributed by atoms with E-state index in [1.165, 1.54) is 11.5 Å². The summed E-state index contributed by atoms with van der Waals surface area (Å²) in [6.07, 6.45) is 0.942. The molecule has 2 aromatic rings. The van der Waals surface area contributed by atoms with E-state index in [1.54, 1.807) is 16.7 Å². The first-order valence-electron chi connectivity index (χ1n) is 8.06. The quantitative estimate of drug-likeness (QED) is 0.804. The third kappa shape index (κ3) is 3.20. The number of hydrogen-bond acceptors (Lipinski definition) is 3. The molecule has 1 aromatic carbocycles. The van der Waals surface area contributed by atoms with Gasteiger partial charge in [0.25, 0.3) is 0 Å². The first-order valence-corrected chi connectivity index (χ1v) is 8.06. The molecule has 1 amide bonds. The molecule has 7 nitrogen and oxygen atoms in total. The van der Waals surface area contributed by atoms with Gasteiger partial charge in [-0.05, 0) is 32.4 Å². The van der Waals surface area contributed by atoms with Crippen molar-refractivity contribution in [1.82, 2.24) is 14.5 Å². The predicted molar refractivity (Wildman–Crippen MR) is 91.0 cm³/mol. The first-order chi connectivity index (χ1) is 11.3. The minimum absolute atomic E-state index is 0.209. The molecule has 0 radical (unpaired) electrons. The van der Waals surface area contributed by atoms with E-state index < -0.39 is 17.4 Å². The fourth-order valence-corrected chi connectivity index (χ4v) is 2.94. The van der Waals surface area contributed by atoms with Crippen molar-refractivity contribution in [3.63, 3.8) is 0 Å². The summed E-state index contributed by atoms with van der Waals surface area (Å²) in [6.45, 7) is 5.48. The summed E-state index contributed by atoms with van der Waals surface area (Å²) in [5, 5.41) is 11.9. The Bertz CT molecular complexity index is 821. The molecule has 2 rings (SSSR count). The number of aryl methyl sites for hydroxylation is 1. The normalized spacial score (nSPS) is 13.6. The number of hydrogen-bond donors (Lipinski definition) is 2. The van der Waals surface area contributed by atoms with E-state index in [2.05, 4.69) is 5.32 Å². The molecule has 1 atom stereocenters. The van der Waals surface area contributed by atoms with Crippen molar-refractivity contribution >= 4 is 22.9 Å². The molecule has 0 aliphatic carbocycles. The number of carbonyl (C=O) groups excluding carboxylic acids is 1. The zero-order valence-electron chi connectivity index (χ0n) is 14.2. The van der Waals surface area contributed by atoms with Crippen molar-refractivity contribution < 1.29 is 14.7 Å². The lowest BCUT2D eigenvalue weighted by atomic mass is 9.96. The second kappa shape index (κ2) is 6.90. The van der Waals surface area contributed by atoms with Crippen molar-refractivity contribution in [3.8, 4) is 0 Å². The van der Waals surface area contributed by atoms with Crippen LogP contribution < -0.4 is 11.0 Å². The largest absolute Gasteiger partial charge is 0.480 e. The smallest absolute Gasteiger partial charge is 0.329 e. The summed E-state index contributed by atoms with van der Waals surface area (Å²) < 4.78 is 2.97. The number of carboxylic acids is 1. The van der Waals surface area contributed by atoms with Gasteiger partial charge in [-0.15, -0.1) is 0 Å². The highest BCUT2D eigenvalue weighted by molar-refractivity contribution is 5.87. The molecule has 7 heteroatoms. The highest BCUT2D eigenvalue weighted by Crippen LogP contribution is 2.15. The molecule has 1 unspecified atom stereocenters. The van der Waals surface area contributed by atoms with E-state index in [4.69, 9.17) is 0 Å². The van der Waals surface area contributed by atoms with Crippen LogP contribution in [0.4, 0.5) is 0 Å². The molecule has 0 spiro atoms. The second-order valence-corrected chi connectivity index (χ2v) is 6.04. The van der Waals surface area contributed by atoms with Crippen molar-refractivity contribution in [1.29, 1.82) is 0 Å². The van der Waals surface area contributed by atoms with Crippen LogP contribution in [-0.2, 0) is 22.7 Å². The first kappa shape index (κ1) is 17.8. The van der Waals surface area contributed by atoms with E-state index in [0.29, 0.717) is 24.9 Å². The zero-order valence-corrected chi connectivity index (χ0v) is 14.2. The van der Waals surface area contributed by atoms with Gasteiger partial charge in [-0.25, -0.2) is 9.59 Å². The fourth-order valence-electron chi connectivity index (χ4n) is 2.94. The summed E-state index contributed by atoms with van der Waals surface area (Å²) in [5.74, 6) is -1.57. The van der Waals surface area contributed by atoms with Gasteiger partial charge >= 0.3 is 11.7 Å². The Kier molecular flexibility index (Phi) is 5.11. The number of rotatable bonds is 7. The Morgan fingerprint density at radius 1 is 1.17 bits per heavy atom. The third-order valence-electron chi connectivity index (χ3n) is 4.18. The molecule has 0 fully saturated rings. The van der Waals surface area contributed by atoms with Gasteiger partial charge in [-0.2, -0.15) is 0 Å². The van der Waals surface area contributed by atoms with E-state index in [9.17, 15) is 19.5 Å². The van der Waals surface area contributed by atoms with Crippen LogP contribution in [0.1, 0.15) is 33.6 Å². The highest BCUT2D eigenvalue weighted by Gasteiger charge is 2.34. The van der Waals surface area contributed by atoms with Crippen LogP contribution >= 0.6 is 0 Å². The molecule has 0 aliphatic heterocycles. The number of para-hydroxylation sites is 2. The lowest BCUT2D eigenvalue weighted by Crippen LogP contribution is -2.53. The molecular weight excluding hydrogens is 310 g/mol. The molecule has 1 heterocycles. The number of nitrogens with one attached hydrogen (secondary N) is 1. The average Bonchev–Trinajstić information content (AvgIpc) is 2.79. The van der Waals surface area contributed by atoms with E-state index >= 15 is 0 Å². The van der Waals surface area contributed by atoms with Gasteiger partial charge in [0.05, 0.1) is 11.0 Å². The van der Waals surface area contributed by atoms with Crippen molar-refractivity contribution in [2.45, 2.75) is 52.2 Å². The topological polar surface area (TPSA) is 93.3 Å². The van der Waals surface area contributed by atoms with Gasteiger partial charge in [0.2, 0.25) is 5.91 Å². The van der Waals surface area contributed by atoms with Crippen molar-refractivity contribution in [2.24, 2.45) is 0 Å². The lowest BCUT2D eigenvalue weighted by Gasteiger charge is -2.25. The summed E-state index contributed by atoms with van der Waals surface area (Å²) >= 11 is 0. The fraction of sp³-hybridized carbons (Fsp3) is 0.471. The van der Waals surface area contributed by atoms with E-state index in [0.717, 1.165) is 5.52 Å². The number of carbonyl (C=O) groups is 2. The number of carboxylic acid groups (broad SMARTS) is 1. The molecule has 0 saturated carbocycles. The van der Waals surface area contributed by atoms with Gasteiger partial charge in [0.1, 0.15) is 12.1 Å². The van der Waals surface area contributed by atoms with Crippen LogP contribution in [0.2, 0.25) is 0 Å². The lowest BCUT2D eigenvalue weighted by molar-refractivity contribution is -0.147. The molecular formula is C17H23N3O4.